The van der Waals surface area contributed by atoms with E-state index in [-0.39, 0.29) is 5.91 Å². The number of nitrogens with zero attached hydrogens (tertiary/aromatic N) is 1. The first-order valence-electron chi connectivity index (χ1n) is 8.28. The monoisotopic (exact) mass is 391 g/mol. The number of benzene rings is 1. The normalized spacial score (nSPS) is 20.9. The van der Waals surface area contributed by atoms with Crippen LogP contribution in [0.25, 0.3) is 0 Å². The lowest BCUT2D eigenvalue weighted by Gasteiger charge is -2.34. The van der Waals surface area contributed by atoms with E-state index in [0.29, 0.717) is 30.0 Å². The average molecular weight is 392 g/mol. The molecule has 1 saturated heterocycles. The average Bonchev–Trinajstić information content (AvgIpc) is 3.01. The summed E-state index contributed by atoms with van der Waals surface area (Å²) in [5.41, 5.74) is 0. The molecule has 0 radical (unpaired) electrons. The third-order valence-electron chi connectivity index (χ3n) is 4.24. The van der Waals surface area contributed by atoms with E-state index < -0.39 is 0 Å². The Morgan fingerprint density at radius 3 is 2.62 bits per heavy atom. The third kappa shape index (κ3) is 4.01. The number of furan rings is 1. The van der Waals surface area contributed by atoms with E-state index in [0.717, 1.165) is 23.3 Å². The number of piperidine rings is 1. The first kappa shape index (κ1) is 17.1. The van der Waals surface area contributed by atoms with Gasteiger partial charge in [-0.25, -0.2) is 0 Å². The number of carbonyl (C=O) groups is 1. The summed E-state index contributed by atoms with van der Waals surface area (Å²) in [5, 5.41) is 0. The molecule has 3 rings (SSSR count). The van der Waals surface area contributed by atoms with E-state index in [2.05, 4.69) is 29.8 Å². The van der Waals surface area contributed by atoms with Crippen LogP contribution in [-0.2, 0) is 6.61 Å². The van der Waals surface area contributed by atoms with Crippen LogP contribution in [0.3, 0.4) is 0 Å². The van der Waals surface area contributed by atoms with Gasteiger partial charge in [-0.05, 0) is 58.5 Å². The predicted octanol–water partition coefficient (Wildman–Crippen LogP) is 4.74. The Morgan fingerprint density at radius 2 is 1.92 bits per heavy atom. The van der Waals surface area contributed by atoms with Crippen LogP contribution in [0.5, 0.6) is 5.75 Å². The standard InChI is InChI=1S/C19H22BrNO3/c1-13-9-14(2)11-21(10-13)19(22)18-8-7-15(24-18)12-23-17-6-4-3-5-16(17)20/h3-8,13-14H,9-12H2,1-2H3. The summed E-state index contributed by atoms with van der Waals surface area (Å²) >= 11 is 3.45. The molecule has 1 amide bonds. The molecule has 4 nitrogen and oxygen atoms in total. The predicted molar refractivity (Wildman–Crippen MR) is 96.0 cm³/mol. The molecule has 1 aliphatic heterocycles. The number of likely N-dealkylation sites (tertiary alicyclic amines) is 1. The lowest BCUT2D eigenvalue weighted by atomic mass is 9.92. The van der Waals surface area contributed by atoms with E-state index in [1.165, 1.54) is 6.42 Å². The first-order chi connectivity index (χ1) is 11.5. The Morgan fingerprint density at radius 1 is 1.21 bits per heavy atom. The zero-order valence-corrected chi connectivity index (χ0v) is 15.6. The fourth-order valence-corrected chi connectivity index (χ4v) is 3.66. The van der Waals surface area contributed by atoms with Gasteiger partial charge in [0.2, 0.25) is 0 Å². The molecule has 2 atom stereocenters. The smallest absolute Gasteiger partial charge is 0.289 e. The number of carbonyl (C=O) groups excluding carboxylic acids is 1. The zero-order valence-electron chi connectivity index (χ0n) is 14.0. The van der Waals surface area contributed by atoms with Gasteiger partial charge in [0.05, 0.1) is 4.47 Å². The molecular formula is C19H22BrNO3. The van der Waals surface area contributed by atoms with Gasteiger partial charge in [0, 0.05) is 13.1 Å². The summed E-state index contributed by atoms with van der Waals surface area (Å²) in [7, 11) is 0. The van der Waals surface area contributed by atoms with Crippen molar-refractivity contribution in [3.05, 3.63) is 52.4 Å². The lowest BCUT2D eigenvalue weighted by Crippen LogP contribution is -2.42. The van der Waals surface area contributed by atoms with Crippen LogP contribution < -0.4 is 4.74 Å². The van der Waals surface area contributed by atoms with Gasteiger partial charge in [-0.15, -0.1) is 0 Å². The highest BCUT2D eigenvalue weighted by atomic mass is 79.9. The van der Waals surface area contributed by atoms with Gasteiger partial charge >= 0.3 is 0 Å². The number of halogens is 1. The molecule has 0 spiro atoms. The summed E-state index contributed by atoms with van der Waals surface area (Å²) in [4.78, 5) is 14.5. The van der Waals surface area contributed by atoms with Crippen LogP contribution >= 0.6 is 15.9 Å². The minimum absolute atomic E-state index is 0.0273. The van der Waals surface area contributed by atoms with Gasteiger partial charge in [-0.3, -0.25) is 4.79 Å². The van der Waals surface area contributed by atoms with Crippen molar-refractivity contribution in [2.24, 2.45) is 11.8 Å². The number of rotatable bonds is 4. The van der Waals surface area contributed by atoms with Crippen molar-refractivity contribution in [1.29, 1.82) is 0 Å². The van der Waals surface area contributed by atoms with Gasteiger partial charge < -0.3 is 14.1 Å². The molecule has 0 saturated carbocycles. The van der Waals surface area contributed by atoms with Crippen molar-refractivity contribution in [3.63, 3.8) is 0 Å². The molecule has 24 heavy (non-hydrogen) atoms. The van der Waals surface area contributed by atoms with Crippen molar-refractivity contribution >= 4 is 21.8 Å². The molecular weight excluding hydrogens is 370 g/mol. The van der Waals surface area contributed by atoms with Gasteiger partial charge in [0.15, 0.2) is 5.76 Å². The molecule has 2 unspecified atom stereocenters. The van der Waals surface area contributed by atoms with E-state index in [1.54, 1.807) is 12.1 Å². The second kappa shape index (κ2) is 7.43. The van der Waals surface area contributed by atoms with Crippen LogP contribution in [-0.4, -0.2) is 23.9 Å². The quantitative estimate of drug-likeness (QED) is 0.755. The molecule has 1 aromatic carbocycles. The van der Waals surface area contributed by atoms with Crippen LogP contribution in [0.2, 0.25) is 0 Å². The summed E-state index contributed by atoms with van der Waals surface area (Å²) in [5.74, 6) is 2.83. The summed E-state index contributed by atoms with van der Waals surface area (Å²) in [6.45, 7) is 6.27. The third-order valence-corrected chi connectivity index (χ3v) is 4.89. The molecule has 1 aromatic heterocycles. The number of hydrogen-bond donors (Lipinski definition) is 0. The molecule has 128 valence electrons. The number of hydrogen-bond acceptors (Lipinski definition) is 3. The van der Waals surface area contributed by atoms with Crippen LogP contribution in [0.15, 0.2) is 45.3 Å². The lowest BCUT2D eigenvalue weighted by molar-refractivity contribution is 0.0587. The Balaban J connectivity index is 1.62. The van der Waals surface area contributed by atoms with Crippen LogP contribution in [0.4, 0.5) is 0 Å². The highest BCUT2D eigenvalue weighted by Gasteiger charge is 2.27. The van der Waals surface area contributed by atoms with E-state index in [9.17, 15) is 4.79 Å². The number of para-hydroxylation sites is 1. The molecule has 1 fully saturated rings. The van der Waals surface area contributed by atoms with Gasteiger partial charge in [0.25, 0.3) is 5.91 Å². The molecule has 2 aromatic rings. The Hall–Kier alpha value is -1.75. The van der Waals surface area contributed by atoms with Crippen molar-refractivity contribution in [1.82, 2.24) is 4.90 Å². The van der Waals surface area contributed by atoms with Gasteiger partial charge in [0.1, 0.15) is 18.1 Å². The minimum Gasteiger partial charge on any atom is -0.484 e. The maximum absolute atomic E-state index is 12.6. The van der Waals surface area contributed by atoms with E-state index in [1.807, 2.05) is 29.2 Å². The highest BCUT2D eigenvalue weighted by Crippen LogP contribution is 2.26. The van der Waals surface area contributed by atoms with Crippen LogP contribution in [0.1, 0.15) is 36.6 Å². The SMILES string of the molecule is CC1CC(C)CN(C(=O)c2ccc(COc3ccccc3Br)o2)C1. The second-order valence-electron chi connectivity index (χ2n) is 6.64. The molecule has 0 aliphatic carbocycles. The summed E-state index contributed by atoms with van der Waals surface area (Å²) in [6.07, 6.45) is 1.17. The fraction of sp³-hybridized carbons (Fsp3) is 0.421. The Kier molecular flexibility index (Phi) is 5.29. The Labute approximate surface area is 150 Å². The molecule has 5 heteroatoms. The van der Waals surface area contributed by atoms with Gasteiger partial charge in [-0.1, -0.05) is 26.0 Å². The van der Waals surface area contributed by atoms with Crippen molar-refractivity contribution in [2.75, 3.05) is 13.1 Å². The maximum atomic E-state index is 12.6. The topological polar surface area (TPSA) is 42.7 Å². The summed E-state index contributed by atoms with van der Waals surface area (Å²) in [6, 6.07) is 11.2. The van der Waals surface area contributed by atoms with E-state index in [4.69, 9.17) is 9.15 Å². The van der Waals surface area contributed by atoms with Crippen molar-refractivity contribution in [3.8, 4) is 5.75 Å². The summed E-state index contributed by atoms with van der Waals surface area (Å²) < 4.78 is 12.3. The van der Waals surface area contributed by atoms with Crippen molar-refractivity contribution < 1.29 is 13.9 Å². The first-order valence-corrected chi connectivity index (χ1v) is 9.07. The minimum atomic E-state index is -0.0273. The largest absolute Gasteiger partial charge is 0.484 e. The van der Waals surface area contributed by atoms with Crippen molar-refractivity contribution in [2.45, 2.75) is 26.9 Å². The zero-order chi connectivity index (χ0) is 17.1. The number of ether oxygens (including phenoxy) is 1. The van der Waals surface area contributed by atoms with Gasteiger partial charge in [-0.2, -0.15) is 0 Å². The Bertz CT molecular complexity index is 702. The number of amides is 1. The second-order valence-corrected chi connectivity index (χ2v) is 7.50. The molecule has 0 bridgehead atoms. The molecule has 1 aliphatic rings. The fourth-order valence-electron chi connectivity index (χ4n) is 3.27. The maximum Gasteiger partial charge on any atom is 0.289 e. The molecule has 0 N–H and O–H groups in total. The van der Waals surface area contributed by atoms with Crippen LogP contribution in [0, 0.1) is 11.8 Å². The highest BCUT2D eigenvalue weighted by molar-refractivity contribution is 9.10. The van der Waals surface area contributed by atoms with E-state index >= 15 is 0 Å². The molecule has 2 heterocycles.